The van der Waals surface area contributed by atoms with E-state index in [4.69, 9.17) is 4.74 Å². The first-order chi connectivity index (χ1) is 15.2. The van der Waals surface area contributed by atoms with Gasteiger partial charge in [0.1, 0.15) is 0 Å². The molecule has 7 nitrogen and oxygen atoms in total. The Hall–Kier alpha value is -3.45. The van der Waals surface area contributed by atoms with Crippen molar-refractivity contribution in [2.75, 3.05) is 50.1 Å². The van der Waals surface area contributed by atoms with Crippen LogP contribution in [-0.2, 0) is 6.42 Å². The van der Waals surface area contributed by atoms with Gasteiger partial charge in [-0.25, -0.2) is 4.98 Å². The summed E-state index contributed by atoms with van der Waals surface area (Å²) >= 11 is 0. The number of aromatic nitrogens is 2. The summed E-state index contributed by atoms with van der Waals surface area (Å²) in [7, 11) is 1.55. The van der Waals surface area contributed by atoms with Crippen LogP contribution in [0.25, 0.3) is 0 Å². The van der Waals surface area contributed by atoms with Crippen molar-refractivity contribution in [2.24, 2.45) is 0 Å². The zero-order valence-electron chi connectivity index (χ0n) is 17.7. The lowest BCUT2D eigenvalue weighted by molar-refractivity contribution is 0.102. The van der Waals surface area contributed by atoms with Crippen LogP contribution in [0.15, 0.2) is 67.1 Å². The molecule has 0 radical (unpaired) electrons. The standard InChI is InChI=1S/C24H27N5O2/c1-31-23-7-6-20(18-26-23)24(30)27-21-4-2-3-5-22(21)29-16-14-28(15-17-29)13-10-19-8-11-25-12-9-19/h2-9,11-12,18H,10,13-17H2,1H3,(H,27,30). The molecule has 4 rings (SSSR count). The van der Waals surface area contributed by atoms with Gasteiger partial charge in [-0.1, -0.05) is 12.1 Å². The van der Waals surface area contributed by atoms with Gasteiger partial charge >= 0.3 is 0 Å². The van der Waals surface area contributed by atoms with Gasteiger partial charge in [0, 0.05) is 57.4 Å². The number of para-hydroxylation sites is 2. The second kappa shape index (κ2) is 10.0. The molecule has 1 aliphatic heterocycles. The van der Waals surface area contributed by atoms with Crippen molar-refractivity contribution in [3.63, 3.8) is 0 Å². The molecule has 1 amide bonds. The summed E-state index contributed by atoms with van der Waals surface area (Å²) in [5.74, 6) is 0.303. The SMILES string of the molecule is COc1ccc(C(=O)Nc2ccccc2N2CCN(CCc3ccncc3)CC2)cn1. The Bertz CT molecular complexity index is 986. The normalized spacial score (nSPS) is 14.3. The monoisotopic (exact) mass is 417 g/mol. The van der Waals surface area contributed by atoms with Crippen molar-refractivity contribution in [1.29, 1.82) is 0 Å². The number of carbonyl (C=O) groups is 1. The van der Waals surface area contributed by atoms with Gasteiger partial charge < -0.3 is 15.0 Å². The van der Waals surface area contributed by atoms with Crippen LogP contribution in [0.1, 0.15) is 15.9 Å². The smallest absolute Gasteiger partial charge is 0.257 e. The summed E-state index contributed by atoms with van der Waals surface area (Å²) in [5, 5.41) is 3.04. The van der Waals surface area contributed by atoms with E-state index >= 15 is 0 Å². The van der Waals surface area contributed by atoms with Crippen molar-refractivity contribution in [3.05, 3.63) is 78.2 Å². The number of hydrogen-bond acceptors (Lipinski definition) is 6. The number of nitrogens with one attached hydrogen (secondary N) is 1. The van der Waals surface area contributed by atoms with Crippen molar-refractivity contribution in [1.82, 2.24) is 14.9 Å². The summed E-state index contributed by atoms with van der Waals surface area (Å²) in [6.45, 7) is 4.88. The molecule has 0 atom stereocenters. The molecule has 7 heteroatoms. The van der Waals surface area contributed by atoms with Crippen LogP contribution >= 0.6 is 0 Å². The Labute approximate surface area is 182 Å². The molecule has 3 heterocycles. The molecule has 0 aliphatic carbocycles. The topological polar surface area (TPSA) is 70.6 Å². The van der Waals surface area contributed by atoms with E-state index in [-0.39, 0.29) is 5.91 Å². The predicted molar refractivity (Wildman–Crippen MR) is 122 cm³/mol. The highest BCUT2D eigenvalue weighted by molar-refractivity contribution is 6.05. The van der Waals surface area contributed by atoms with E-state index in [1.807, 2.05) is 30.6 Å². The van der Waals surface area contributed by atoms with Gasteiger partial charge in [0.25, 0.3) is 5.91 Å². The van der Waals surface area contributed by atoms with Crippen LogP contribution in [-0.4, -0.2) is 60.6 Å². The average Bonchev–Trinajstić information content (AvgIpc) is 2.84. The molecule has 0 bridgehead atoms. The van der Waals surface area contributed by atoms with E-state index in [0.29, 0.717) is 11.4 Å². The molecule has 160 valence electrons. The molecular formula is C24H27N5O2. The number of methoxy groups -OCH3 is 1. The van der Waals surface area contributed by atoms with Crippen LogP contribution in [0.3, 0.4) is 0 Å². The summed E-state index contributed by atoms with van der Waals surface area (Å²) in [6, 6.07) is 15.5. The Morgan fingerprint density at radius 3 is 2.52 bits per heavy atom. The maximum Gasteiger partial charge on any atom is 0.257 e. The Balaban J connectivity index is 1.35. The molecule has 0 spiro atoms. The van der Waals surface area contributed by atoms with Gasteiger partial charge in [-0.2, -0.15) is 0 Å². The Morgan fingerprint density at radius 1 is 1.03 bits per heavy atom. The minimum Gasteiger partial charge on any atom is -0.481 e. The summed E-state index contributed by atoms with van der Waals surface area (Å²) in [5.41, 5.74) is 3.68. The van der Waals surface area contributed by atoms with Crippen LogP contribution in [0.5, 0.6) is 5.88 Å². The van der Waals surface area contributed by atoms with E-state index in [0.717, 1.165) is 50.5 Å². The van der Waals surface area contributed by atoms with E-state index in [1.165, 1.54) is 11.8 Å². The fraction of sp³-hybridized carbons (Fsp3) is 0.292. The molecule has 0 saturated carbocycles. The zero-order valence-corrected chi connectivity index (χ0v) is 17.7. The Kier molecular flexibility index (Phi) is 6.74. The van der Waals surface area contributed by atoms with E-state index in [2.05, 4.69) is 43.3 Å². The van der Waals surface area contributed by atoms with E-state index in [9.17, 15) is 4.79 Å². The Morgan fingerprint density at radius 2 is 1.81 bits per heavy atom. The highest BCUT2D eigenvalue weighted by Crippen LogP contribution is 2.27. The molecule has 1 aliphatic rings. The molecule has 31 heavy (non-hydrogen) atoms. The number of hydrogen-bond donors (Lipinski definition) is 1. The van der Waals surface area contributed by atoms with Crippen LogP contribution in [0.2, 0.25) is 0 Å². The number of rotatable bonds is 7. The molecule has 1 fully saturated rings. The molecule has 1 saturated heterocycles. The highest BCUT2D eigenvalue weighted by atomic mass is 16.5. The van der Waals surface area contributed by atoms with Crippen LogP contribution in [0, 0.1) is 0 Å². The lowest BCUT2D eigenvalue weighted by Gasteiger charge is -2.37. The van der Waals surface area contributed by atoms with Crippen molar-refractivity contribution in [3.8, 4) is 5.88 Å². The quantitative estimate of drug-likeness (QED) is 0.637. The number of ether oxygens (including phenoxy) is 1. The fourth-order valence-electron chi connectivity index (χ4n) is 3.73. The summed E-state index contributed by atoms with van der Waals surface area (Å²) in [4.78, 5) is 25.7. The minimum atomic E-state index is -0.182. The first kappa shape index (κ1) is 20.8. The number of benzene rings is 1. The third kappa shape index (κ3) is 5.38. The fourth-order valence-corrected chi connectivity index (χ4v) is 3.73. The maximum atomic E-state index is 12.7. The molecule has 3 aromatic rings. The number of nitrogens with zero attached hydrogens (tertiary/aromatic N) is 4. The van der Waals surface area contributed by atoms with Crippen molar-refractivity contribution < 1.29 is 9.53 Å². The molecule has 1 aromatic carbocycles. The minimum absolute atomic E-state index is 0.182. The first-order valence-electron chi connectivity index (χ1n) is 10.5. The molecule has 1 N–H and O–H groups in total. The van der Waals surface area contributed by atoms with Crippen LogP contribution in [0.4, 0.5) is 11.4 Å². The number of anilines is 2. The van der Waals surface area contributed by atoms with Gasteiger partial charge in [0.05, 0.1) is 24.0 Å². The number of piperazine rings is 1. The first-order valence-corrected chi connectivity index (χ1v) is 10.5. The van der Waals surface area contributed by atoms with Gasteiger partial charge in [0.2, 0.25) is 5.88 Å². The van der Waals surface area contributed by atoms with Crippen molar-refractivity contribution in [2.45, 2.75) is 6.42 Å². The molecule has 2 aromatic heterocycles. The third-order valence-electron chi connectivity index (χ3n) is 5.54. The predicted octanol–water partition coefficient (Wildman–Crippen LogP) is 3.10. The summed E-state index contributed by atoms with van der Waals surface area (Å²) < 4.78 is 5.06. The second-order valence-corrected chi connectivity index (χ2v) is 7.49. The van der Waals surface area contributed by atoms with Gasteiger partial charge in [0.15, 0.2) is 0 Å². The number of amides is 1. The highest BCUT2D eigenvalue weighted by Gasteiger charge is 2.20. The largest absolute Gasteiger partial charge is 0.481 e. The van der Waals surface area contributed by atoms with Gasteiger partial charge in [-0.15, -0.1) is 0 Å². The molecule has 0 unspecified atom stereocenters. The number of pyridine rings is 2. The maximum absolute atomic E-state index is 12.7. The molecular weight excluding hydrogens is 390 g/mol. The van der Waals surface area contributed by atoms with E-state index in [1.54, 1.807) is 19.2 Å². The van der Waals surface area contributed by atoms with Crippen LogP contribution < -0.4 is 15.0 Å². The van der Waals surface area contributed by atoms with Crippen molar-refractivity contribution >= 4 is 17.3 Å². The lowest BCUT2D eigenvalue weighted by Crippen LogP contribution is -2.47. The number of carbonyl (C=O) groups excluding carboxylic acids is 1. The third-order valence-corrected chi connectivity index (χ3v) is 5.54. The van der Waals surface area contributed by atoms with Gasteiger partial charge in [-0.3, -0.25) is 14.7 Å². The average molecular weight is 418 g/mol. The lowest BCUT2D eigenvalue weighted by atomic mass is 10.1. The van der Waals surface area contributed by atoms with E-state index < -0.39 is 0 Å². The van der Waals surface area contributed by atoms with Gasteiger partial charge in [-0.05, 0) is 42.3 Å². The zero-order chi connectivity index (χ0) is 21.5. The second-order valence-electron chi connectivity index (χ2n) is 7.49. The summed E-state index contributed by atoms with van der Waals surface area (Å²) in [6.07, 6.45) is 6.25.